The fourth-order valence-electron chi connectivity index (χ4n) is 2.13. The first kappa shape index (κ1) is 18.7. The van der Waals surface area contributed by atoms with Crippen LogP contribution in [0.25, 0.3) is 0 Å². The third kappa shape index (κ3) is 7.99. The third-order valence-corrected chi connectivity index (χ3v) is 3.32. The quantitative estimate of drug-likeness (QED) is 0.626. The molecule has 3 amide bonds. The number of nitrogens with two attached hydrogens (primary N) is 1. The van der Waals surface area contributed by atoms with Crippen LogP contribution in [0.1, 0.15) is 32.3 Å². The third-order valence-electron chi connectivity index (χ3n) is 3.32. The second kappa shape index (κ2) is 9.61. The van der Waals surface area contributed by atoms with Gasteiger partial charge in [0.1, 0.15) is 6.04 Å². The number of carbonyl (C=O) groups is 3. The van der Waals surface area contributed by atoms with Gasteiger partial charge in [0.15, 0.2) is 0 Å². The highest BCUT2D eigenvalue weighted by molar-refractivity contribution is 5.89. The van der Waals surface area contributed by atoms with Gasteiger partial charge in [-0.25, -0.2) is 0 Å². The summed E-state index contributed by atoms with van der Waals surface area (Å²) >= 11 is 0. The summed E-state index contributed by atoms with van der Waals surface area (Å²) in [5.74, 6) is -0.957. The van der Waals surface area contributed by atoms with E-state index in [0.29, 0.717) is 19.3 Å². The molecule has 0 fully saturated rings. The van der Waals surface area contributed by atoms with E-state index in [9.17, 15) is 14.4 Å². The maximum absolute atomic E-state index is 11.8. The van der Waals surface area contributed by atoms with Crippen molar-refractivity contribution in [3.05, 3.63) is 35.9 Å². The lowest BCUT2D eigenvalue weighted by Gasteiger charge is -2.17. The summed E-state index contributed by atoms with van der Waals surface area (Å²) in [6.45, 7) is 3.72. The van der Waals surface area contributed by atoms with E-state index >= 15 is 0 Å². The number of nitrogens with one attached hydrogen (secondary N) is 2. The molecule has 1 unspecified atom stereocenters. The van der Waals surface area contributed by atoms with Crippen molar-refractivity contribution in [3.8, 4) is 0 Å². The van der Waals surface area contributed by atoms with Crippen molar-refractivity contribution in [1.82, 2.24) is 10.6 Å². The number of aryl methyl sites for hydroxylation is 1. The smallest absolute Gasteiger partial charge is 0.240 e. The minimum atomic E-state index is -0.705. The molecule has 1 aromatic carbocycles. The van der Waals surface area contributed by atoms with Crippen LogP contribution in [0, 0.1) is 5.92 Å². The van der Waals surface area contributed by atoms with Gasteiger partial charge in [-0.1, -0.05) is 44.2 Å². The maximum atomic E-state index is 11.8. The summed E-state index contributed by atoms with van der Waals surface area (Å²) in [7, 11) is 0. The van der Waals surface area contributed by atoms with Gasteiger partial charge in [-0.3, -0.25) is 14.4 Å². The van der Waals surface area contributed by atoms with Crippen LogP contribution in [-0.2, 0) is 20.8 Å². The van der Waals surface area contributed by atoms with Gasteiger partial charge in [0.2, 0.25) is 17.7 Å². The molecule has 0 aliphatic rings. The standard InChI is InChI=1S/C17H25N3O3/c1-12(2)10-14(17(18)23)20-16(22)11-19-15(21)9-8-13-6-4-3-5-7-13/h3-7,12,14H,8-11H2,1-2H3,(H2,18,23)(H,19,21)(H,20,22). The van der Waals surface area contributed by atoms with Crippen LogP contribution in [0.5, 0.6) is 0 Å². The Morgan fingerprint density at radius 2 is 1.74 bits per heavy atom. The fourth-order valence-corrected chi connectivity index (χ4v) is 2.13. The number of hydrogen-bond donors (Lipinski definition) is 3. The van der Waals surface area contributed by atoms with E-state index in [1.165, 1.54) is 0 Å². The molecule has 0 radical (unpaired) electrons. The molecular formula is C17H25N3O3. The fraction of sp³-hybridized carbons (Fsp3) is 0.471. The van der Waals surface area contributed by atoms with Crippen LogP contribution in [0.15, 0.2) is 30.3 Å². The van der Waals surface area contributed by atoms with Crippen molar-refractivity contribution in [3.63, 3.8) is 0 Å². The van der Waals surface area contributed by atoms with Crippen LogP contribution in [0.3, 0.4) is 0 Å². The SMILES string of the molecule is CC(C)CC(NC(=O)CNC(=O)CCc1ccccc1)C(N)=O. The van der Waals surface area contributed by atoms with Gasteiger partial charge >= 0.3 is 0 Å². The minimum Gasteiger partial charge on any atom is -0.368 e. The molecule has 1 rings (SSSR count). The lowest BCUT2D eigenvalue weighted by molar-refractivity contribution is -0.129. The first-order valence-electron chi connectivity index (χ1n) is 7.77. The Morgan fingerprint density at radius 3 is 2.30 bits per heavy atom. The van der Waals surface area contributed by atoms with Crippen LogP contribution in [0.4, 0.5) is 0 Å². The molecule has 0 saturated heterocycles. The van der Waals surface area contributed by atoms with Gasteiger partial charge in [-0.05, 0) is 24.3 Å². The molecule has 126 valence electrons. The van der Waals surface area contributed by atoms with Crippen molar-refractivity contribution in [2.24, 2.45) is 11.7 Å². The summed E-state index contributed by atoms with van der Waals surface area (Å²) < 4.78 is 0. The number of carbonyl (C=O) groups excluding carboxylic acids is 3. The van der Waals surface area contributed by atoms with E-state index in [4.69, 9.17) is 5.73 Å². The van der Waals surface area contributed by atoms with E-state index in [0.717, 1.165) is 5.56 Å². The summed E-state index contributed by atoms with van der Waals surface area (Å²) in [4.78, 5) is 34.8. The van der Waals surface area contributed by atoms with E-state index in [2.05, 4.69) is 10.6 Å². The average molecular weight is 319 g/mol. The van der Waals surface area contributed by atoms with Crippen LogP contribution in [-0.4, -0.2) is 30.3 Å². The number of primary amides is 1. The van der Waals surface area contributed by atoms with E-state index in [-0.39, 0.29) is 18.4 Å². The molecule has 0 spiro atoms. The maximum Gasteiger partial charge on any atom is 0.240 e. The van der Waals surface area contributed by atoms with Crippen molar-refractivity contribution in [2.75, 3.05) is 6.54 Å². The second-order valence-electron chi connectivity index (χ2n) is 5.91. The van der Waals surface area contributed by atoms with E-state index < -0.39 is 17.9 Å². The van der Waals surface area contributed by atoms with Gasteiger partial charge in [0.25, 0.3) is 0 Å². The van der Waals surface area contributed by atoms with Crippen molar-refractivity contribution in [2.45, 2.75) is 39.2 Å². The van der Waals surface area contributed by atoms with Gasteiger partial charge in [0.05, 0.1) is 6.54 Å². The molecule has 0 aliphatic carbocycles. The summed E-state index contributed by atoms with van der Waals surface area (Å²) in [6, 6.07) is 8.94. The lowest BCUT2D eigenvalue weighted by Crippen LogP contribution is -2.48. The van der Waals surface area contributed by atoms with Crippen LogP contribution >= 0.6 is 0 Å². The zero-order valence-corrected chi connectivity index (χ0v) is 13.7. The monoisotopic (exact) mass is 319 g/mol. The highest BCUT2D eigenvalue weighted by Gasteiger charge is 2.19. The molecule has 23 heavy (non-hydrogen) atoms. The van der Waals surface area contributed by atoms with Gasteiger partial charge in [0, 0.05) is 6.42 Å². The highest BCUT2D eigenvalue weighted by atomic mass is 16.2. The average Bonchev–Trinajstić information content (AvgIpc) is 2.50. The first-order chi connectivity index (χ1) is 10.9. The molecule has 0 aliphatic heterocycles. The second-order valence-corrected chi connectivity index (χ2v) is 5.91. The normalized spacial score (nSPS) is 11.8. The van der Waals surface area contributed by atoms with Crippen molar-refractivity contribution >= 4 is 17.7 Å². The van der Waals surface area contributed by atoms with Gasteiger partial charge < -0.3 is 16.4 Å². The molecule has 1 aromatic rings. The van der Waals surface area contributed by atoms with E-state index in [1.807, 2.05) is 44.2 Å². The van der Waals surface area contributed by atoms with Crippen molar-refractivity contribution < 1.29 is 14.4 Å². The predicted octanol–water partition coefficient (Wildman–Crippen LogP) is 0.752. The summed E-state index contributed by atoms with van der Waals surface area (Å²) in [5.41, 5.74) is 6.33. The number of rotatable bonds is 9. The Hall–Kier alpha value is -2.37. The first-order valence-corrected chi connectivity index (χ1v) is 7.77. The van der Waals surface area contributed by atoms with Crippen molar-refractivity contribution in [1.29, 1.82) is 0 Å². The molecule has 1 atom stereocenters. The highest BCUT2D eigenvalue weighted by Crippen LogP contribution is 2.04. The number of amides is 3. The summed E-state index contributed by atoms with van der Waals surface area (Å²) in [6.07, 6.45) is 1.40. The van der Waals surface area contributed by atoms with Gasteiger partial charge in [-0.15, -0.1) is 0 Å². The molecule has 6 nitrogen and oxygen atoms in total. The topological polar surface area (TPSA) is 101 Å². The molecule has 4 N–H and O–H groups in total. The Balaban J connectivity index is 2.31. The van der Waals surface area contributed by atoms with E-state index in [1.54, 1.807) is 0 Å². The Kier molecular flexibility index (Phi) is 7.80. The van der Waals surface area contributed by atoms with Crippen LogP contribution in [0.2, 0.25) is 0 Å². The summed E-state index contributed by atoms with van der Waals surface area (Å²) in [5, 5.41) is 5.10. The molecular weight excluding hydrogens is 294 g/mol. The van der Waals surface area contributed by atoms with Gasteiger partial charge in [-0.2, -0.15) is 0 Å². The molecule has 0 bridgehead atoms. The molecule has 0 aromatic heterocycles. The Morgan fingerprint density at radius 1 is 1.09 bits per heavy atom. The molecule has 6 heteroatoms. The number of benzene rings is 1. The molecule has 0 saturated carbocycles. The Labute approximate surface area is 136 Å². The largest absolute Gasteiger partial charge is 0.368 e. The minimum absolute atomic E-state index is 0.157. The zero-order chi connectivity index (χ0) is 17.2. The lowest BCUT2D eigenvalue weighted by atomic mass is 10.0. The zero-order valence-electron chi connectivity index (χ0n) is 13.7. The molecule has 0 heterocycles. The number of hydrogen-bond acceptors (Lipinski definition) is 3. The predicted molar refractivity (Wildman–Crippen MR) is 88.4 cm³/mol. The Bertz CT molecular complexity index is 529. The van der Waals surface area contributed by atoms with Crippen LogP contribution < -0.4 is 16.4 Å².